The fourth-order valence-corrected chi connectivity index (χ4v) is 2.94. The second kappa shape index (κ2) is 6.52. The molecule has 4 aromatic rings. The highest BCUT2D eigenvalue weighted by Crippen LogP contribution is 2.28. The number of anilines is 2. The van der Waals surface area contributed by atoms with Crippen molar-refractivity contribution < 1.29 is 0 Å². The van der Waals surface area contributed by atoms with E-state index in [1.165, 1.54) is 6.33 Å². The van der Waals surface area contributed by atoms with Crippen LogP contribution in [-0.4, -0.2) is 19.7 Å². The van der Waals surface area contributed by atoms with Gasteiger partial charge >= 0.3 is 0 Å². The molecule has 0 unspecified atom stereocenters. The van der Waals surface area contributed by atoms with Gasteiger partial charge in [-0.3, -0.25) is 0 Å². The molecule has 124 valence electrons. The third-order valence-corrected chi connectivity index (χ3v) is 4.58. The van der Waals surface area contributed by atoms with Crippen LogP contribution in [0.5, 0.6) is 0 Å². The molecule has 0 atom stereocenters. The van der Waals surface area contributed by atoms with Crippen LogP contribution < -0.4 is 5.32 Å². The minimum Gasteiger partial charge on any atom is -0.339 e. The van der Waals surface area contributed by atoms with E-state index in [1.54, 1.807) is 23.0 Å². The van der Waals surface area contributed by atoms with Crippen LogP contribution >= 0.6 is 34.8 Å². The van der Waals surface area contributed by atoms with E-state index >= 15 is 0 Å². The molecule has 0 aliphatic rings. The predicted octanol–water partition coefficient (Wildman–Crippen LogP) is 5.52. The Morgan fingerprint density at radius 2 is 1.80 bits per heavy atom. The number of benzene rings is 2. The fraction of sp³-hybridized carbons (Fsp3) is 0. The van der Waals surface area contributed by atoms with Gasteiger partial charge in [0.15, 0.2) is 5.65 Å². The summed E-state index contributed by atoms with van der Waals surface area (Å²) in [5, 5.41) is 9.99. The molecule has 4 rings (SSSR count). The van der Waals surface area contributed by atoms with Crippen molar-refractivity contribution in [3.8, 4) is 5.69 Å². The fourth-order valence-electron chi connectivity index (χ4n) is 2.45. The Hall–Kier alpha value is -2.34. The van der Waals surface area contributed by atoms with Gasteiger partial charge < -0.3 is 5.32 Å². The first-order valence-corrected chi connectivity index (χ1v) is 8.42. The lowest BCUT2D eigenvalue weighted by molar-refractivity contribution is 0.895. The van der Waals surface area contributed by atoms with Gasteiger partial charge in [0.05, 0.1) is 27.3 Å². The number of halogens is 3. The van der Waals surface area contributed by atoms with Crippen LogP contribution in [0.1, 0.15) is 0 Å². The number of nitrogens with zero attached hydrogens (tertiary/aromatic N) is 4. The van der Waals surface area contributed by atoms with Crippen LogP contribution in [0.15, 0.2) is 55.0 Å². The Bertz CT molecular complexity index is 1080. The maximum Gasteiger partial charge on any atom is 0.168 e. The van der Waals surface area contributed by atoms with Crippen molar-refractivity contribution in [2.45, 2.75) is 0 Å². The number of aromatic nitrogens is 4. The summed E-state index contributed by atoms with van der Waals surface area (Å²) in [6.07, 6.45) is 3.18. The lowest BCUT2D eigenvalue weighted by Gasteiger charge is -2.07. The molecule has 0 saturated carbocycles. The Labute approximate surface area is 158 Å². The van der Waals surface area contributed by atoms with E-state index in [4.69, 9.17) is 34.8 Å². The van der Waals surface area contributed by atoms with Gasteiger partial charge in [-0.1, -0.05) is 40.9 Å². The van der Waals surface area contributed by atoms with Gasteiger partial charge in [-0.15, -0.1) is 0 Å². The molecule has 0 spiro atoms. The minimum absolute atomic E-state index is 0.453. The molecule has 1 N–H and O–H groups in total. The van der Waals surface area contributed by atoms with Crippen LogP contribution in [0.4, 0.5) is 11.5 Å². The molecule has 0 bridgehead atoms. The molecule has 5 nitrogen and oxygen atoms in total. The summed E-state index contributed by atoms with van der Waals surface area (Å²) >= 11 is 18.1. The lowest BCUT2D eigenvalue weighted by atomic mass is 10.3. The topological polar surface area (TPSA) is 55.6 Å². The van der Waals surface area contributed by atoms with E-state index in [9.17, 15) is 0 Å². The number of rotatable bonds is 3. The van der Waals surface area contributed by atoms with E-state index in [0.29, 0.717) is 26.5 Å². The van der Waals surface area contributed by atoms with Gasteiger partial charge in [-0.2, -0.15) is 5.10 Å². The molecule has 0 radical (unpaired) electrons. The van der Waals surface area contributed by atoms with Gasteiger partial charge in [-0.25, -0.2) is 14.6 Å². The largest absolute Gasteiger partial charge is 0.339 e. The van der Waals surface area contributed by atoms with E-state index in [2.05, 4.69) is 20.4 Å². The first kappa shape index (κ1) is 16.1. The predicted molar refractivity (Wildman–Crippen MR) is 101 cm³/mol. The Kier molecular flexibility index (Phi) is 4.21. The standard InChI is InChI=1S/C17H10Cl3N5/c18-10-2-1-3-11(6-10)24-16-13-8-23-25(17(13)22-9-21-16)12-4-5-14(19)15(20)7-12/h1-9H,(H,21,22,24). The van der Waals surface area contributed by atoms with E-state index in [1.807, 2.05) is 30.3 Å². The maximum absolute atomic E-state index is 6.10. The summed E-state index contributed by atoms with van der Waals surface area (Å²) in [5.41, 5.74) is 2.24. The number of nitrogens with one attached hydrogen (secondary N) is 1. The second-order valence-electron chi connectivity index (χ2n) is 5.25. The van der Waals surface area contributed by atoms with Crippen molar-refractivity contribution in [2.75, 3.05) is 5.32 Å². The molecule has 2 aromatic heterocycles. The SMILES string of the molecule is Clc1cccc(Nc2ncnc3c2cnn3-c2ccc(Cl)c(Cl)c2)c1. The van der Waals surface area contributed by atoms with Gasteiger partial charge in [-0.05, 0) is 36.4 Å². The Balaban J connectivity index is 1.79. The van der Waals surface area contributed by atoms with E-state index < -0.39 is 0 Å². The zero-order valence-electron chi connectivity index (χ0n) is 12.6. The van der Waals surface area contributed by atoms with Crippen molar-refractivity contribution in [3.63, 3.8) is 0 Å². The highest BCUT2D eigenvalue weighted by molar-refractivity contribution is 6.42. The molecule has 0 aliphatic heterocycles. The Morgan fingerprint density at radius 1 is 0.920 bits per heavy atom. The monoisotopic (exact) mass is 389 g/mol. The smallest absolute Gasteiger partial charge is 0.168 e. The lowest BCUT2D eigenvalue weighted by Crippen LogP contribution is -1.99. The molecular weight excluding hydrogens is 381 g/mol. The molecule has 2 aromatic carbocycles. The van der Waals surface area contributed by atoms with Gasteiger partial charge in [0.2, 0.25) is 0 Å². The average Bonchev–Trinajstić information content (AvgIpc) is 3.03. The molecule has 2 heterocycles. The average molecular weight is 391 g/mol. The molecular formula is C17H10Cl3N5. The molecule has 8 heteroatoms. The van der Waals surface area contributed by atoms with Crippen LogP contribution in [0, 0.1) is 0 Å². The highest BCUT2D eigenvalue weighted by Gasteiger charge is 2.12. The van der Waals surface area contributed by atoms with E-state index in [-0.39, 0.29) is 0 Å². The summed E-state index contributed by atoms with van der Waals surface area (Å²) in [6, 6.07) is 12.7. The van der Waals surface area contributed by atoms with Crippen LogP contribution in [0.25, 0.3) is 16.7 Å². The molecule has 25 heavy (non-hydrogen) atoms. The van der Waals surface area contributed by atoms with Crippen LogP contribution in [-0.2, 0) is 0 Å². The van der Waals surface area contributed by atoms with Gasteiger partial charge in [0.25, 0.3) is 0 Å². The number of hydrogen-bond acceptors (Lipinski definition) is 4. The number of hydrogen-bond donors (Lipinski definition) is 1. The zero-order chi connectivity index (χ0) is 17.4. The summed E-state index contributed by atoms with van der Waals surface area (Å²) in [4.78, 5) is 8.64. The summed E-state index contributed by atoms with van der Waals surface area (Å²) < 4.78 is 1.68. The first-order chi connectivity index (χ1) is 12.1. The van der Waals surface area contributed by atoms with Crippen LogP contribution in [0.2, 0.25) is 15.1 Å². The van der Waals surface area contributed by atoms with Crippen molar-refractivity contribution in [1.29, 1.82) is 0 Å². The summed E-state index contributed by atoms with van der Waals surface area (Å²) in [5.74, 6) is 0.638. The number of fused-ring (bicyclic) bond motifs is 1. The van der Waals surface area contributed by atoms with Gasteiger partial charge in [0, 0.05) is 10.7 Å². The van der Waals surface area contributed by atoms with Crippen molar-refractivity contribution in [2.24, 2.45) is 0 Å². The van der Waals surface area contributed by atoms with Crippen LogP contribution in [0.3, 0.4) is 0 Å². The molecule has 0 saturated heterocycles. The minimum atomic E-state index is 0.453. The normalized spacial score (nSPS) is 11.0. The summed E-state index contributed by atoms with van der Waals surface area (Å²) in [6.45, 7) is 0. The summed E-state index contributed by atoms with van der Waals surface area (Å²) in [7, 11) is 0. The second-order valence-corrected chi connectivity index (χ2v) is 6.50. The molecule has 0 amide bonds. The quantitative estimate of drug-likeness (QED) is 0.500. The third kappa shape index (κ3) is 3.14. The first-order valence-electron chi connectivity index (χ1n) is 7.28. The Morgan fingerprint density at radius 3 is 2.60 bits per heavy atom. The van der Waals surface area contributed by atoms with Crippen molar-refractivity contribution in [3.05, 3.63) is 70.1 Å². The van der Waals surface area contributed by atoms with Crippen molar-refractivity contribution in [1.82, 2.24) is 19.7 Å². The van der Waals surface area contributed by atoms with Crippen molar-refractivity contribution >= 4 is 57.3 Å². The maximum atomic E-state index is 6.10. The van der Waals surface area contributed by atoms with E-state index in [0.717, 1.165) is 16.8 Å². The van der Waals surface area contributed by atoms with Gasteiger partial charge in [0.1, 0.15) is 12.1 Å². The molecule has 0 aliphatic carbocycles. The highest BCUT2D eigenvalue weighted by atomic mass is 35.5. The zero-order valence-corrected chi connectivity index (χ0v) is 14.9. The molecule has 0 fully saturated rings. The third-order valence-electron chi connectivity index (χ3n) is 3.60.